The Balaban J connectivity index is 1.61. The molecule has 5 nitrogen and oxygen atoms in total. The fraction of sp³-hybridized carbons (Fsp3) is 0.947. The number of guanidine groups is 1. The number of nitrogens with zero attached hydrogens (tertiary/aromatic N) is 3. The molecular weight excluding hydrogens is 357 g/mol. The Morgan fingerprint density at radius 2 is 1.93 bits per heavy atom. The number of fused-ring (bicyclic) bond motifs is 1. The first-order valence-electron chi connectivity index (χ1n) is 10.1. The van der Waals surface area contributed by atoms with Crippen LogP contribution in [0.4, 0.5) is 13.2 Å². The van der Waals surface area contributed by atoms with Gasteiger partial charge in [-0.25, -0.2) is 0 Å². The first-order chi connectivity index (χ1) is 12.7. The van der Waals surface area contributed by atoms with Gasteiger partial charge >= 0.3 is 6.18 Å². The SMILES string of the molecule is CCN=C(NC1C2CCCOC2C1(C)C)N1CCN(C(C)C(F)(F)F)CC1. The van der Waals surface area contributed by atoms with E-state index < -0.39 is 12.2 Å². The smallest absolute Gasteiger partial charge is 0.377 e. The molecule has 0 bridgehead atoms. The topological polar surface area (TPSA) is 40.1 Å². The molecule has 1 aliphatic carbocycles. The van der Waals surface area contributed by atoms with Crippen LogP contribution in [0.15, 0.2) is 4.99 Å². The number of alkyl halides is 3. The highest BCUT2D eigenvalue weighted by atomic mass is 19.4. The van der Waals surface area contributed by atoms with Crippen LogP contribution in [0, 0.1) is 11.3 Å². The Kier molecular flexibility index (Phi) is 5.96. The van der Waals surface area contributed by atoms with Crippen LogP contribution in [0.1, 0.15) is 40.5 Å². The summed E-state index contributed by atoms with van der Waals surface area (Å²) in [6.07, 6.45) is -1.64. The highest BCUT2D eigenvalue weighted by Gasteiger charge is 2.58. The molecule has 2 aliphatic heterocycles. The number of aliphatic imine (C=N–C) groups is 1. The van der Waals surface area contributed by atoms with E-state index in [1.165, 1.54) is 11.8 Å². The lowest BCUT2D eigenvalue weighted by Gasteiger charge is -2.60. The minimum Gasteiger partial charge on any atom is -0.377 e. The first kappa shape index (κ1) is 20.7. The van der Waals surface area contributed by atoms with Gasteiger partial charge in [-0.3, -0.25) is 9.89 Å². The molecule has 0 aromatic carbocycles. The summed E-state index contributed by atoms with van der Waals surface area (Å²) < 4.78 is 44.9. The van der Waals surface area contributed by atoms with E-state index in [2.05, 4.69) is 29.1 Å². The second-order valence-electron chi connectivity index (χ2n) is 8.58. The Hall–Kier alpha value is -1.02. The third kappa shape index (κ3) is 4.06. The molecule has 0 aromatic heterocycles. The highest BCUT2D eigenvalue weighted by molar-refractivity contribution is 5.80. The molecule has 0 aromatic rings. The van der Waals surface area contributed by atoms with Gasteiger partial charge in [-0.05, 0) is 26.7 Å². The molecule has 3 fully saturated rings. The van der Waals surface area contributed by atoms with E-state index in [0.29, 0.717) is 44.7 Å². The van der Waals surface area contributed by atoms with Gasteiger partial charge in [-0.1, -0.05) is 13.8 Å². The van der Waals surface area contributed by atoms with Crippen molar-refractivity contribution in [1.29, 1.82) is 0 Å². The standard InChI is InChI=1S/C19H33F3N4O/c1-5-23-17(24-15-14-7-6-12-27-16(14)18(15,3)4)26-10-8-25(9-11-26)13(2)19(20,21)22/h13-16H,5-12H2,1-4H3,(H,23,24). The molecule has 0 radical (unpaired) electrons. The Morgan fingerprint density at radius 1 is 1.26 bits per heavy atom. The zero-order valence-electron chi connectivity index (χ0n) is 16.9. The van der Waals surface area contributed by atoms with Crippen molar-refractivity contribution in [2.24, 2.45) is 16.3 Å². The lowest BCUT2D eigenvalue weighted by molar-refractivity contribution is -0.189. The summed E-state index contributed by atoms with van der Waals surface area (Å²) in [5.41, 5.74) is 0.0339. The van der Waals surface area contributed by atoms with Crippen molar-refractivity contribution in [3.05, 3.63) is 0 Å². The van der Waals surface area contributed by atoms with Crippen molar-refractivity contribution < 1.29 is 17.9 Å². The van der Waals surface area contributed by atoms with E-state index in [1.54, 1.807) is 0 Å². The summed E-state index contributed by atoms with van der Waals surface area (Å²) in [5, 5.41) is 3.64. The highest BCUT2D eigenvalue weighted by Crippen LogP contribution is 2.51. The minimum atomic E-state index is -4.17. The van der Waals surface area contributed by atoms with Gasteiger partial charge in [0.15, 0.2) is 5.96 Å². The number of hydrogen-bond acceptors (Lipinski definition) is 3. The fourth-order valence-corrected chi connectivity index (χ4v) is 4.87. The molecule has 2 heterocycles. The Morgan fingerprint density at radius 3 is 2.52 bits per heavy atom. The maximum absolute atomic E-state index is 13.0. The maximum atomic E-state index is 13.0. The van der Waals surface area contributed by atoms with Crippen molar-refractivity contribution in [3.63, 3.8) is 0 Å². The van der Waals surface area contributed by atoms with E-state index in [-0.39, 0.29) is 11.5 Å². The van der Waals surface area contributed by atoms with E-state index >= 15 is 0 Å². The lowest BCUT2D eigenvalue weighted by atomic mass is 9.55. The molecule has 3 aliphatic rings. The van der Waals surface area contributed by atoms with E-state index in [1.807, 2.05) is 6.92 Å². The summed E-state index contributed by atoms with van der Waals surface area (Å²) >= 11 is 0. The first-order valence-corrected chi connectivity index (χ1v) is 10.1. The molecule has 27 heavy (non-hydrogen) atoms. The zero-order chi connectivity index (χ0) is 19.8. The molecule has 156 valence electrons. The quantitative estimate of drug-likeness (QED) is 0.594. The molecule has 4 atom stereocenters. The Labute approximate surface area is 160 Å². The number of hydrogen-bond donors (Lipinski definition) is 1. The van der Waals surface area contributed by atoms with Crippen molar-refractivity contribution in [1.82, 2.24) is 15.1 Å². The average molecular weight is 390 g/mol. The summed E-state index contributed by atoms with van der Waals surface area (Å²) in [4.78, 5) is 8.26. The monoisotopic (exact) mass is 390 g/mol. The van der Waals surface area contributed by atoms with Gasteiger partial charge in [-0.2, -0.15) is 13.2 Å². The van der Waals surface area contributed by atoms with Crippen LogP contribution in [0.5, 0.6) is 0 Å². The van der Waals surface area contributed by atoms with Crippen LogP contribution < -0.4 is 5.32 Å². The van der Waals surface area contributed by atoms with E-state index in [9.17, 15) is 13.2 Å². The van der Waals surface area contributed by atoms with Gasteiger partial charge in [-0.15, -0.1) is 0 Å². The van der Waals surface area contributed by atoms with E-state index in [0.717, 1.165) is 25.4 Å². The van der Waals surface area contributed by atoms with Crippen molar-refractivity contribution in [3.8, 4) is 0 Å². The average Bonchev–Trinajstić information content (AvgIpc) is 2.64. The van der Waals surface area contributed by atoms with Crippen LogP contribution in [0.25, 0.3) is 0 Å². The van der Waals surface area contributed by atoms with Crippen LogP contribution in [-0.2, 0) is 4.74 Å². The normalized spacial score (nSPS) is 33.2. The molecule has 3 rings (SSSR count). The molecule has 4 unspecified atom stereocenters. The van der Waals surface area contributed by atoms with Gasteiger partial charge in [0.2, 0.25) is 0 Å². The second-order valence-corrected chi connectivity index (χ2v) is 8.58. The van der Waals surface area contributed by atoms with Gasteiger partial charge in [0.25, 0.3) is 0 Å². The van der Waals surface area contributed by atoms with Gasteiger partial charge in [0.05, 0.1) is 6.10 Å². The van der Waals surface area contributed by atoms with Crippen LogP contribution in [-0.4, -0.2) is 79.5 Å². The summed E-state index contributed by atoms with van der Waals surface area (Å²) in [6.45, 7) is 11.1. The Bertz CT molecular complexity index is 544. The van der Waals surface area contributed by atoms with E-state index in [4.69, 9.17) is 4.74 Å². The fourth-order valence-electron chi connectivity index (χ4n) is 4.87. The number of piperazine rings is 1. The zero-order valence-corrected chi connectivity index (χ0v) is 16.9. The third-order valence-electron chi connectivity index (χ3n) is 6.56. The van der Waals surface area contributed by atoms with Crippen molar-refractivity contribution >= 4 is 5.96 Å². The lowest BCUT2D eigenvalue weighted by Crippen LogP contribution is -2.71. The number of ether oxygens (including phenoxy) is 1. The predicted molar refractivity (Wildman–Crippen MR) is 99.8 cm³/mol. The summed E-state index contributed by atoms with van der Waals surface area (Å²) in [5.74, 6) is 1.32. The van der Waals surface area contributed by atoms with Crippen LogP contribution >= 0.6 is 0 Å². The van der Waals surface area contributed by atoms with Crippen molar-refractivity contribution in [2.45, 2.75) is 64.9 Å². The third-order valence-corrected chi connectivity index (χ3v) is 6.56. The molecule has 0 amide bonds. The second kappa shape index (κ2) is 7.78. The van der Waals surface area contributed by atoms with Crippen LogP contribution in [0.3, 0.4) is 0 Å². The molecule has 0 spiro atoms. The van der Waals surface area contributed by atoms with Crippen LogP contribution in [0.2, 0.25) is 0 Å². The molecular formula is C19H33F3N4O. The number of nitrogens with one attached hydrogen (secondary N) is 1. The van der Waals surface area contributed by atoms with Crippen molar-refractivity contribution in [2.75, 3.05) is 39.3 Å². The summed E-state index contributed by atoms with van der Waals surface area (Å²) in [7, 11) is 0. The molecule has 2 saturated heterocycles. The molecule has 8 heteroatoms. The molecule has 1 saturated carbocycles. The largest absolute Gasteiger partial charge is 0.403 e. The van der Waals surface area contributed by atoms with Gasteiger partial charge < -0.3 is 15.0 Å². The number of halogens is 3. The number of rotatable bonds is 3. The maximum Gasteiger partial charge on any atom is 0.403 e. The molecule has 1 N–H and O–H groups in total. The minimum absolute atomic E-state index is 0.0339. The predicted octanol–water partition coefficient (Wildman–Crippen LogP) is 2.72. The van der Waals surface area contributed by atoms with Gasteiger partial charge in [0, 0.05) is 56.7 Å². The van der Waals surface area contributed by atoms with Gasteiger partial charge in [0.1, 0.15) is 6.04 Å². The summed E-state index contributed by atoms with van der Waals surface area (Å²) in [6, 6.07) is -1.11.